The van der Waals surface area contributed by atoms with Gasteiger partial charge in [-0.05, 0) is 76.3 Å². The van der Waals surface area contributed by atoms with Crippen LogP contribution in [-0.4, -0.2) is 47.6 Å². The molecular weight excluding hydrogens is 515 g/mol. The Labute approximate surface area is 223 Å². The Bertz CT molecular complexity index is 1400. The summed E-state index contributed by atoms with van der Waals surface area (Å²) >= 11 is 5.90. The minimum Gasteiger partial charge on any atom is -0.339 e. The van der Waals surface area contributed by atoms with E-state index in [0.717, 1.165) is 25.7 Å². The molecule has 202 valence electrons. The van der Waals surface area contributed by atoms with Crippen LogP contribution < -0.4 is 16.2 Å². The maximum atomic E-state index is 14.9. The minimum absolute atomic E-state index is 0.0369. The summed E-state index contributed by atoms with van der Waals surface area (Å²) in [5.74, 6) is -1.17. The highest BCUT2D eigenvalue weighted by Crippen LogP contribution is 2.51. The van der Waals surface area contributed by atoms with E-state index in [9.17, 15) is 18.8 Å². The number of rotatable bonds is 10. The van der Waals surface area contributed by atoms with Crippen molar-refractivity contribution in [2.24, 2.45) is 17.8 Å². The van der Waals surface area contributed by atoms with Crippen molar-refractivity contribution in [1.82, 2.24) is 35.1 Å². The van der Waals surface area contributed by atoms with Crippen LogP contribution in [0.2, 0.25) is 5.15 Å². The second kappa shape index (κ2) is 10.3. The number of anilines is 1. The van der Waals surface area contributed by atoms with E-state index in [0.29, 0.717) is 17.5 Å². The normalized spacial score (nSPS) is 17.0. The molecule has 2 amide bonds. The average Bonchev–Trinajstić information content (AvgIpc) is 3.81. The van der Waals surface area contributed by atoms with Gasteiger partial charge in [0.1, 0.15) is 22.6 Å². The Hall–Kier alpha value is -3.54. The Kier molecular flexibility index (Phi) is 7.08. The topological polar surface area (TPSA) is 140 Å². The quantitative estimate of drug-likeness (QED) is 0.358. The highest BCUT2D eigenvalue weighted by Gasteiger charge is 2.48. The van der Waals surface area contributed by atoms with Gasteiger partial charge in [0.15, 0.2) is 0 Å². The Morgan fingerprint density at radius 3 is 2.50 bits per heavy atom. The molecule has 0 bridgehead atoms. The molecule has 2 saturated carbocycles. The van der Waals surface area contributed by atoms with Crippen molar-refractivity contribution < 1.29 is 14.0 Å². The first-order chi connectivity index (χ1) is 18.1. The molecule has 0 spiro atoms. The van der Waals surface area contributed by atoms with Crippen LogP contribution in [0.3, 0.4) is 0 Å². The third-order valence-electron chi connectivity index (χ3n) is 7.27. The zero-order chi connectivity index (χ0) is 27.1. The predicted octanol–water partition coefficient (Wildman–Crippen LogP) is 3.32. The smallest absolute Gasteiger partial charge is 0.270 e. The lowest BCUT2D eigenvalue weighted by Gasteiger charge is -2.27. The Morgan fingerprint density at radius 2 is 1.87 bits per heavy atom. The standard InChI is InChI=1S/C25H30ClFN8O3/c1-12(2)35-18(8-9-28-35)24(37)30-21(20(14-4-5-14)15-6-7-15)25(38)29-17-11-34(33-22(17)27)13(3)16-10-19(26)31-32-23(16)36/h8-15,20-21H,4-7H2,1-3H3,(H,29,38)(H,30,37)(H,32,36)/t13-,21-/m0/s1. The number of hydrogen-bond acceptors (Lipinski definition) is 6. The van der Waals surface area contributed by atoms with Crippen molar-refractivity contribution in [3.63, 3.8) is 0 Å². The highest BCUT2D eigenvalue weighted by molar-refractivity contribution is 6.29. The van der Waals surface area contributed by atoms with Crippen molar-refractivity contribution in [2.75, 3.05) is 5.32 Å². The molecule has 13 heteroatoms. The summed E-state index contributed by atoms with van der Waals surface area (Å²) in [4.78, 5) is 39.1. The maximum Gasteiger partial charge on any atom is 0.270 e. The van der Waals surface area contributed by atoms with Crippen LogP contribution in [0.4, 0.5) is 10.1 Å². The first kappa shape index (κ1) is 26.1. The third-order valence-corrected chi connectivity index (χ3v) is 7.47. The molecule has 0 aromatic carbocycles. The number of hydrogen-bond donors (Lipinski definition) is 3. The lowest BCUT2D eigenvalue weighted by molar-refractivity contribution is -0.119. The SMILES string of the molecule is CC(C)n1nccc1C(=O)N[C@H](C(=O)Nc1cn([C@@H](C)c2cc(Cl)n[nH]c2=O)nc1F)C(C1CC1)C1CC1. The average molecular weight is 545 g/mol. The number of aromatic nitrogens is 6. The third kappa shape index (κ3) is 5.35. The van der Waals surface area contributed by atoms with Gasteiger partial charge in [-0.1, -0.05) is 11.6 Å². The summed E-state index contributed by atoms with van der Waals surface area (Å²) in [6, 6.07) is 1.43. The van der Waals surface area contributed by atoms with Crippen LogP contribution in [0.15, 0.2) is 29.3 Å². The van der Waals surface area contributed by atoms with Crippen molar-refractivity contribution in [3.05, 3.63) is 57.2 Å². The molecule has 3 heterocycles. The molecule has 2 fully saturated rings. The van der Waals surface area contributed by atoms with E-state index in [1.165, 1.54) is 16.9 Å². The molecule has 5 rings (SSSR count). The number of carbonyl (C=O) groups excluding carboxylic acids is 2. The molecule has 0 aliphatic heterocycles. The fraction of sp³-hybridized carbons (Fsp3) is 0.520. The molecule has 3 N–H and O–H groups in total. The number of H-pyrrole nitrogens is 1. The van der Waals surface area contributed by atoms with Crippen molar-refractivity contribution >= 4 is 29.1 Å². The van der Waals surface area contributed by atoms with E-state index in [2.05, 4.69) is 31.0 Å². The number of amides is 2. The van der Waals surface area contributed by atoms with E-state index in [-0.39, 0.29) is 28.4 Å². The van der Waals surface area contributed by atoms with Gasteiger partial charge in [0.05, 0.1) is 12.2 Å². The molecule has 0 radical (unpaired) electrons. The van der Waals surface area contributed by atoms with Crippen molar-refractivity contribution in [1.29, 1.82) is 0 Å². The first-order valence-corrected chi connectivity index (χ1v) is 13.2. The summed E-state index contributed by atoms with van der Waals surface area (Å²) in [6.45, 7) is 5.48. The van der Waals surface area contributed by atoms with Crippen LogP contribution in [0, 0.1) is 23.7 Å². The second-order valence-corrected chi connectivity index (χ2v) is 10.8. The summed E-state index contributed by atoms with van der Waals surface area (Å²) in [7, 11) is 0. The molecule has 38 heavy (non-hydrogen) atoms. The van der Waals surface area contributed by atoms with Crippen molar-refractivity contribution in [3.8, 4) is 0 Å². The van der Waals surface area contributed by atoms with Gasteiger partial charge in [-0.3, -0.25) is 23.7 Å². The lowest BCUT2D eigenvalue weighted by Crippen LogP contribution is -2.50. The van der Waals surface area contributed by atoms with Crippen molar-refractivity contribution in [2.45, 2.75) is 64.6 Å². The molecule has 3 aromatic heterocycles. The molecule has 2 aliphatic rings. The van der Waals surface area contributed by atoms with Gasteiger partial charge in [-0.15, -0.1) is 5.10 Å². The molecule has 2 aliphatic carbocycles. The summed E-state index contributed by atoms with van der Waals surface area (Å²) in [5, 5.41) is 19.7. The van der Waals surface area contributed by atoms with Crippen LogP contribution in [-0.2, 0) is 4.79 Å². The van der Waals surface area contributed by atoms with Gasteiger partial charge in [-0.25, -0.2) is 5.10 Å². The molecular formula is C25H30ClFN8O3. The van der Waals surface area contributed by atoms with E-state index in [1.807, 2.05) is 13.8 Å². The number of nitrogens with zero attached hydrogens (tertiary/aromatic N) is 5. The van der Waals surface area contributed by atoms with E-state index < -0.39 is 35.4 Å². The van der Waals surface area contributed by atoms with Gasteiger partial charge in [0.2, 0.25) is 5.91 Å². The van der Waals surface area contributed by atoms with Crippen LogP contribution in [0.25, 0.3) is 0 Å². The molecule has 0 unspecified atom stereocenters. The zero-order valence-corrected chi connectivity index (χ0v) is 22.1. The lowest BCUT2D eigenvalue weighted by atomic mass is 9.88. The zero-order valence-electron chi connectivity index (χ0n) is 21.3. The van der Waals surface area contributed by atoms with Gasteiger partial charge >= 0.3 is 0 Å². The predicted molar refractivity (Wildman–Crippen MR) is 137 cm³/mol. The van der Waals surface area contributed by atoms with Gasteiger partial charge in [0.25, 0.3) is 17.4 Å². The van der Waals surface area contributed by atoms with E-state index in [4.69, 9.17) is 11.6 Å². The van der Waals surface area contributed by atoms with Gasteiger partial charge < -0.3 is 10.6 Å². The van der Waals surface area contributed by atoms with E-state index in [1.54, 1.807) is 23.9 Å². The first-order valence-electron chi connectivity index (χ1n) is 12.8. The fourth-order valence-electron chi connectivity index (χ4n) is 5.06. The van der Waals surface area contributed by atoms with Crippen LogP contribution in [0.5, 0.6) is 0 Å². The minimum atomic E-state index is -0.904. The fourth-order valence-corrected chi connectivity index (χ4v) is 5.22. The molecule has 0 saturated heterocycles. The maximum absolute atomic E-state index is 14.9. The monoisotopic (exact) mass is 544 g/mol. The van der Waals surface area contributed by atoms with Gasteiger partial charge in [-0.2, -0.15) is 14.6 Å². The summed E-state index contributed by atoms with van der Waals surface area (Å²) < 4.78 is 17.7. The summed E-state index contributed by atoms with van der Waals surface area (Å²) in [5.41, 5.74) is -0.0317. The molecule has 2 atom stereocenters. The largest absolute Gasteiger partial charge is 0.339 e. The molecule has 3 aromatic rings. The number of carbonyl (C=O) groups is 2. The molecule has 11 nitrogen and oxygen atoms in total. The number of nitrogens with one attached hydrogen (secondary N) is 3. The second-order valence-electron chi connectivity index (χ2n) is 10.4. The van der Waals surface area contributed by atoms with Crippen LogP contribution >= 0.6 is 11.6 Å². The number of halogens is 2. The Morgan fingerprint density at radius 1 is 1.18 bits per heavy atom. The van der Waals surface area contributed by atoms with Gasteiger partial charge in [0, 0.05) is 17.8 Å². The van der Waals surface area contributed by atoms with E-state index >= 15 is 0 Å². The van der Waals surface area contributed by atoms with Crippen LogP contribution in [0.1, 0.15) is 74.6 Å². The number of aromatic amines is 1. The Balaban J connectivity index is 1.39. The summed E-state index contributed by atoms with van der Waals surface area (Å²) in [6.07, 6.45) is 6.86. The highest BCUT2D eigenvalue weighted by atomic mass is 35.5.